The molecule has 0 radical (unpaired) electrons. The van der Waals surface area contributed by atoms with E-state index in [1.54, 1.807) is 19.1 Å². The Labute approximate surface area is 178 Å². The lowest BCUT2D eigenvalue weighted by Crippen LogP contribution is -2.43. The second-order valence-corrected chi connectivity index (χ2v) is 7.00. The van der Waals surface area contributed by atoms with Gasteiger partial charge in [0.1, 0.15) is 11.4 Å². The topological polar surface area (TPSA) is 98.9 Å². The molecule has 1 amide bonds. The molecule has 8 heteroatoms. The summed E-state index contributed by atoms with van der Waals surface area (Å²) in [5, 5.41) is 19.8. The normalized spacial score (nSPS) is 17.5. The van der Waals surface area contributed by atoms with E-state index in [9.17, 15) is 9.90 Å². The van der Waals surface area contributed by atoms with Gasteiger partial charge in [-0.05, 0) is 38.8 Å². The highest BCUT2D eigenvalue weighted by Crippen LogP contribution is 2.23. The number of amides is 1. The van der Waals surface area contributed by atoms with Crippen LogP contribution in [0.1, 0.15) is 51.7 Å². The average molecular weight is 492 g/mol. The number of carbonyl (C=O) groups is 1. The molecule has 27 heavy (non-hydrogen) atoms. The van der Waals surface area contributed by atoms with Crippen molar-refractivity contribution in [3.8, 4) is 0 Å². The fraction of sp³-hybridized carbons (Fsp3) is 0.684. The van der Waals surface area contributed by atoms with Crippen LogP contribution in [0.25, 0.3) is 0 Å². The fourth-order valence-corrected chi connectivity index (χ4v) is 3.11. The van der Waals surface area contributed by atoms with E-state index in [2.05, 4.69) is 20.9 Å². The monoisotopic (exact) mass is 492 g/mol. The number of aliphatic imine (C=N–C) groups is 1. The molecular weight excluding hydrogens is 459 g/mol. The van der Waals surface area contributed by atoms with Gasteiger partial charge in [0.15, 0.2) is 5.96 Å². The van der Waals surface area contributed by atoms with Crippen molar-refractivity contribution in [2.45, 2.75) is 51.6 Å². The maximum absolute atomic E-state index is 12.1. The summed E-state index contributed by atoms with van der Waals surface area (Å²) in [7, 11) is 0. The Balaban J connectivity index is 0.00000364. The fourth-order valence-electron chi connectivity index (χ4n) is 3.11. The number of halogens is 1. The minimum Gasteiger partial charge on any atom is -0.466 e. The van der Waals surface area contributed by atoms with E-state index < -0.39 is 5.60 Å². The van der Waals surface area contributed by atoms with Gasteiger partial charge in [0.05, 0.1) is 12.8 Å². The van der Waals surface area contributed by atoms with Gasteiger partial charge < -0.3 is 25.5 Å². The van der Waals surface area contributed by atoms with E-state index in [0.29, 0.717) is 31.4 Å². The molecule has 1 saturated carbocycles. The summed E-state index contributed by atoms with van der Waals surface area (Å²) in [5.41, 5.74) is -1.17. The van der Waals surface area contributed by atoms with E-state index in [1.165, 1.54) is 12.7 Å². The van der Waals surface area contributed by atoms with E-state index in [4.69, 9.17) is 4.42 Å². The molecule has 1 fully saturated rings. The standard InChI is InChI=1S/C19H32N4O3.HI/c1-3-20-18(23-14-19(2,25)16-10-7-13-26-16)22-12-11-21-17(24)15-8-5-4-6-9-15;/h7,10,13,15,25H,3-6,8-9,11-12,14H2,1-2H3,(H,21,24)(H2,20,22,23);1H. The molecule has 2 rings (SSSR count). The minimum absolute atomic E-state index is 0. The summed E-state index contributed by atoms with van der Waals surface area (Å²) < 4.78 is 5.27. The smallest absolute Gasteiger partial charge is 0.223 e. The number of guanidine groups is 1. The average Bonchev–Trinajstić information content (AvgIpc) is 3.19. The summed E-state index contributed by atoms with van der Waals surface area (Å²) in [5.74, 6) is 1.42. The first-order valence-corrected chi connectivity index (χ1v) is 9.59. The molecule has 1 aliphatic carbocycles. The molecule has 7 nitrogen and oxygen atoms in total. The molecule has 4 N–H and O–H groups in total. The van der Waals surface area contributed by atoms with Crippen molar-refractivity contribution in [3.63, 3.8) is 0 Å². The van der Waals surface area contributed by atoms with Gasteiger partial charge in [-0.2, -0.15) is 0 Å². The van der Waals surface area contributed by atoms with E-state index >= 15 is 0 Å². The van der Waals surface area contributed by atoms with Crippen LogP contribution in [0.2, 0.25) is 0 Å². The molecule has 1 aromatic heterocycles. The van der Waals surface area contributed by atoms with Crippen LogP contribution in [0.15, 0.2) is 27.8 Å². The van der Waals surface area contributed by atoms with Crippen molar-refractivity contribution in [2.24, 2.45) is 10.9 Å². The van der Waals surface area contributed by atoms with Crippen molar-refractivity contribution >= 4 is 35.8 Å². The van der Waals surface area contributed by atoms with Crippen LogP contribution in [-0.4, -0.2) is 43.2 Å². The van der Waals surface area contributed by atoms with Crippen molar-refractivity contribution in [2.75, 3.05) is 26.2 Å². The molecule has 1 atom stereocenters. The van der Waals surface area contributed by atoms with Crippen LogP contribution in [0.3, 0.4) is 0 Å². The molecule has 1 aliphatic rings. The molecule has 0 saturated heterocycles. The van der Waals surface area contributed by atoms with Crippen molar-refractivity contribution in [1.29, 1.82) is 0 Å². The third kappa shape index (κ3) is 8.08. The zero-order valence-corrected chi connectivity index (χ0v) is 18.6. The van der Waals surface area contributed by atoms with E-state index in [0.717, 1.165) is 25.7 Å². The van der Waals surface area contributed by atoms with Crippen LogP contribution in [0.5, 0.6) is 0 Å². The van der Waals surface area contributed by atoms with Crippen LogP contribution >= 0.6 is 24.0 Å². The first-order chi connectivity index (χ1) is 12.5. The molecular formula is C19H33IN4O3. The lowest BCUT2D eigenvalue weighted by atomic mass is 9.89. The van der Waals surface area contributed by atoms with Crippen molar-refractivity contribution < 1.29 is 14.3 Å². The largest absolute Gasteiger partial charge is 0.466 e. The number of aliphatic hydroxyl groups is 1. The van der Waals surface area contributed by atoms with Crippen LogP contribution in [0.4, 0.5) is 0 Å². The molecule has 0 spiro atoms. The van der Waals surface area contributed by atoms with Gasteiger partial charge in [0.25, 0.3) is 0 Å². The number of nitrogens with one attached hydrogen (secondary N) is 3. The van der Waals surface area contributed by atoms with Crippen molar-refractivity contribution in [3.05, 3.63) is 24.2 Å². The van der Waals surface area contributed by atoms with Gasteiger partial charge >= 0.3 is 0 Å². The third-order valence-electron chi connectivity index (χ3n) is 4.63. The van der Waals surface area contributed by atoms with Crippen LogP contribution < -0.4 is 16.0 Å². The number of furan rings is 1. The second kappa shape index (κ2) is 12.2. The highest BCUT2D eigenvalue weighted by atomic mass is 127. The Kier molecular flexibility index (Phi) is 10.8. The molecule has 154 valence electrons. The quantitative estimate of drug-likeness (QED) is 0.193. The Hall–Kier alpha value is -1.29. The predicted molar refractivity (Wildman–Crippen MR) is 117 cm³/mol. The Morgan fingerprint density at radius 3 is 2.59 bits per heavy atom. The van der Waals surface area contributed by atoms with Gasteiger partial charge in [-0.1, -0.05) is 19.3 Å². The zero-order valence-electron chi connectivity index (χ0n) is 16.3. The third-order valence-corrected chi connectivity index (χ3v) is 4.63. The highest BCUT2D eigenvalue weighted by molar-refractivity contribution is 14.0. The number of nitrogens with zero attached hydrogens (tertiary/aromatic N) is 1. The number of hydrogen-bond donors (Lipinski definition) is 4. The summed E-state index contributed by atoms with van der Waals surface area (Å²) >= 11 is 0. The summed E-state index contributed by atoms with van der Waals surface area (Å²) in [6.45, 7) is 5.66. The van der Waals surface area contributed by atoms with Gasteiger partial charge in [-0.3, -0.25) is 4.79 Å². The van der Waals surface area contributed by atoms with E-state index in [1.807, 2.05) is 6.92 Å². The summed E-state index contributed by atoms with van der Waals surface area (Å²) in [6, 6.07) is 3.47. The molecule has 0 aromatic carbocycles. The van der Waals surface area contributed by atoms with Gasteiger partial charge in [0.2, 0.25) is 5.91 Å². The second-order valence-electron chi connectivity index (χ2n) is 7.00. The SMILES string of the molecule is CCNC(=NCC(C)(O)c1ccco1)NCCNC(=O)C1CCCCC1.I. The van der Waals surface area contributed by atoms with E-state index in [-0.39, 0.29) is 42.3 Å². The number of carbonyl (C=O) groups excluding carboxylic acids is 1. The molecule has 1 unspecified atom stereocenters. The summed E-state index contributed by atoms with van der Waals surface area (Å²) in [4.78, 5) is 16.5. The van der Waals surface area contributed by atoms with Gasteiger partial charge in [-0.15, -0.1) is 24.0 Å². The Morgan fingerprint density at radius 2 is 1.96 bits per heavy atom. The summed E-state index contributed by atoms with van der Waals surface area (Å²) in [6.07, 6.45) is 7.10. The van der Waals surface area contributed by atoms with Crippen molar-refractivity contribution in [1.82, 2.24) is 16.0 Å². The van der Waals surface area contributed by atoms with Crippen LogP contribution in [-0.2, 0) is 10.4 Å². The Bertz CT molecular complexity index is 570. The molecule has 1 aromatic rings. The maximum atomic E-state index is 12.1. The van der Waals surface area contributed by atoms with Crippen LogP contribution in [0, 0.1) is 5.92 Å². The zero-order chi connectivity index (χ0) is 18.8. The first-order valence-electron chi connectivity index (χ1n) is 9.59. The first kappa shape index (κ1) is 23.7. The number of rotatable bonds is 8. The Morgan fingerprint density at radius 1 is 1.26 bits per heavy atom. The minimum atomic E-state index is -1.17. The lowest BCUT2D eigenvalue weighted by molar-refractivity contribution is -0.125. The van der Waals surface area contributed by atoms with Gasteiger partial charge in [0, 0.05) is 25.6 Å². The lowest BCUT2D eigenvalue weighted by Gasteiger charge is -2.21. The number of hydrogen-bond acceptors (Lipinski definition) is 4. The molecule has 0 bridgehead atoms. The van der Waals surface area contributed by atoms with Gasteiger partial charge in [-0.25, -0.2) is 4.99 Å². The predicted octanol–water partition coefficient (Wildman–Crippen LogP) is 2.36. The molecule has 0 aliphatic heterocycles. The highest BCUT2D eigenvalue weighted by Gasteiger charge is 2.26. The molecule has 1 heterocycles. The maximum Gasteiger partial charge on any atom is 0.223 e.